The van der Waals surface area contributed by atoms with Crippen LogP contribution in [0.5, 0.6) is 0 Å². The highest BCUT2D eigenvalue weighted by molar-refractivity contribution is 4.83. The van der Waals surface area contributed by atoms with E-state index in [1.807, 2.05) is 0 Å². The molecule has 1 fully saturated rings. The quantitative estimate of drug-likeness (QED) is 0.678. The SMILES string of the molecule is CCCNC(CN(C)C(C)CC(C)C)C1CCCCC1. The molecule has 0 aromatic carbocycles. The predicted octanol–water partition coefficient (Wildman–Crippen LogP) is 4.30. The molecule has 2 nitrogen and oxygen atoms in total. The molecule has 2 atom stereocenters. The number of hydrogen-bond donors (Lipinski definition) is 1. The molecule has 1 N–H and O–H groups in total. The van der Waals surface area contributed by atoms with Crippen molar-refractivity contribution in [2.75, 3.05) is 20.1 Å². The molecule has 0 amide bonds. The average molecular weight is 283 g/mol. The van der Waals surface area contributed by atoms with Gasteiger partial charge < -0.3 is 10.2 Å². The van der Waals surface area contributed by atoms with Gasteiger partial charge in [0.2, 0.25) is 0 Å². The Labute approximate surface area is 127 Å². The Bertz CT molecular complexity index is 234. The minimum Gasteiger partial charge on any atom is -0.312 e. The second-order valence-electron chi connectivity index (χ2n) is 7.38. The van der Waals surface area contributed by atoms with E-state index in [9.17, 15) is 0 Å². The van der Waals surface area contributed by atoms with Gasteiger partial charge in [-0.2, -0.15) is 0 Å². The highest BCUT2D eigenvalue weighted by Gasteiger charge is 2.25. The number of nitrogens with one attached hydrogen (secondary N) is 1. The lowest BCUT2D eigenvalue weighted by molar-refractivity contribution is 0.164. The van der Waals surface area contributed by atoms with Crippen LogP contribution < -0.4 is 5.32 Å². The van der Waals surface area contributed by atoms with Crippen molar-refractivity contribution in [3.63, 3.8) is 0 Å². The van der Waals surface area contributed by atoms with Crippen molar-refractivity contribution in [3.05, 3.63) is 0 Å². The summed E-state index contributed by atoms with van der Waals surface area (Å²) in [6.45, 7) is 11.7. The van der Waals surface area contributed by atoms with Crippen molar-refractivity contribution in [3.8, 4) is 0 Å². The molecular weight excluding hydrogens is 244 g/mol. The molecule has 1 aliphatic carbocycles. The Morgan fingerprint density at radius 2 is 1.75 bits per heavy atom. The Balaban J connectivity index is 2.49. The topological polar surface area (TPSA) is 15.3 Å². The lowest BCUT2D eigenvalue weighted by atomic mass is 9.83. The molecule has 0 bridgehead atoms. The minimum atomic E-state index is 0.699. The highest BCUT2D eigenvalue weighted by Crippen LogP contribution is 2.27. The maximum Gasteiger partial charge on any atom is 0.0223 e. The molecule has 0 aliphatic heterocycles. The van der Waals surface area contributed by atoms with Crippen molar-refractivity contribution in [2.24, 2.45) is 11.8 Å². The summed E-state index contributed by atoms with van der Waals surface area (Å²) >= 11 is 0. The van der Waals surface area contributed by atoms with Gasteiger partial charge in [0.05, 0.1) is 0 Å². The summed E-state index contributed by atoms with van der Waals surface area (Å²) in [5.41, 5.74) is 0. The summed E-state index contributed by atoms with van der Waals surface area (Å²) < 4.78 is 0. The number of nitrogens with zero attached hydrogens (tertiary/aromatic N) is 1. The van der Waals surface area contributed by atoms with E-state index in [-0.39, 0.29) is 0 Å². The van der Waals surface area contributed by atoms with Gasteiger partial charge in [-0.05, 0) is 58.0 Å². The Hall–Kier alpha value is -0.0800. The van der Waals surface area contributed by atoms with E-state index in [2.05, 4.69) is 45.0 Å². The van der Waals surface area contributed by atoms with Crippen LogP contribution in [0.3, 0.4) is 0 Å². The van der Waals surface area contributed by atoms with Crippen molar-refractivity contribution in [2.45, 2.75) is 84.7 Å². The van der Waals surface area contributed by atoms with Crippen LogP contribution >= 0.6 is 0 Å². The van der Waals surface area contributed by atoms with Crippen LogP contribution in [-0.4, -0.2) is 37.1 Å². The fourth-order valence-corrected chi connectivity index (χ4v) is 3.60. The van der Waals surface area contributed by atoms with Gasteiger partial charge in [-0.25, -0.2) is 0 Å². The third-order valence-corrected chi connectivity index (χ3v) is 4.93. The number of rotatable bonds is 9. The molecule has 1 saturated carbocycles. The van der Waals surface area contributed by atoms with E-state index >= 15 is 0 Å². The summed E-state index contributed by atoms with van der Waals surface area (Å²) in [5, 5.41) is 3.84. The summed E-state index contributed by atoms with van der Waals surface area (Å²) in [4.78, 5) is 2.59. The van der Waals surface area contributed by atoms with E-state index in [0.29, 0.717) is 12.1 Å². The molecule has 0 radical (unpaired) electrons. The van der Waals surface area contributed by atoms with Crippen molar-refractivity contribution < 1.29 is 0 Å². The average Bonchev–Trinajstić information content (AvgIpc) is 2.43. The normalized spacial score (nSPS) is 20.6. The Morgan fingerprint density at radius 1 is 1.10 bits per heavy atom. The van der Waals surface area contributed by atoms with E-state index in [4.69, 9.17) is 0 Å². The molecule has 0 saturated heterocycles. The van der Waals surface area contributed by atoms with E-state index < -0.39 is 0 Å². The fraction of sp³-hybridized carbons (Fsp3) is 1.00. The van der Waals surface area contributed by atoms with Crippen LogP contribution in [0.25, 0.3) is 0 Å². The van der Waals surface area contributed by atoms with Crippen LogP contribution in [0.2, 0.25) is 0 Å². The molecule has 1 aliphatic rings. The summed E-state index contributed by atoms with van der Waals surface area (Å²) in [6, 6.07) is 1.40. The predicted molar refractivity (Wildman–Crippen MR) is 90.2 cm³/mol. The maximum atomic E-state index is 3.84. The summed E-state index contributed by atoms with van der Waals surface area (Å²) in [7, 11) is 2.32. The zero-order valence-corrected chi connectivity index (χ0v) is 14.6. The molecule has 0 heterocycles. The molecule has 20 heavy (non-hydrogen) atoms. The van der Waals surface area contributed by atoms with Gasteiger partial charge in [0.1, 0.15) is 0 Å². The van der Waals surface area contributed by atoms with Gasteiger partial charge in [-0.15, -0.1) is 0 Å². The minimum absolute atomic E-state index is 0.699. The third kappa shape index (κ3) is 6.58. The van der Waals surface area contributed by atoms with Gasteiger partial charge in [0.15, 0.2) is 0 Å². The van der Waals surface area contributed by atoms with E-state index in [0.717, 1.165) is 11.8 Å². The zero-order chi connectivity index (χ0) is 15.0. The molecule has 120 valence electrons. The van der Waals surface area contributed by atoms with Gasteiger partial charge in [0, 0.05) is 18.6 Å². The summed E-state index contributed by atoms with van der Waals surface area (Å²) in [5.74, 6) is 1.70. The lowest BCUT2D eigenvalue weighted by Gasteiger charge is -2.36. The Kier molecular flexibility index (Phi) is 8.79. The van der Waals surface area contributed by atoms with E-state index in [1.165, 1.54) is 58.0 Å². The van der Waals surface area contributed by atoms with Gasteiger partial charge in [0.25, 0.3) is 0 Å². The van der Waals surface area contributed by atoms with Crippen LogP contribution in [0.4, 0.5) is 0 Å². The molecule has 0 aromatic rings. The van der Waals surface area contributed by atoms with Gasteiger partial charge >= 0.3 is 0 Å². The van der Waals surface area contributed by atoms with Gasteiger partial charge in [-0.1, -0.05) is 40.0 Å². The molecule has 0 aromatic heterocycles. The molecular formula is C18H38N2. The lowest BCUT2D eigenvalue weighted by Crippen LogP contribution is -2.47. The third-order valence-electron chi connectivity index (χ3n) is 4.93. The fourth-order valence-electron chi connectivity index (χ4n) is 3.60. The largest absolute Gasteiger partial charge is 0.312 e. The van der Waals surface area contributed by atoms with Crippen LogP contribution in [0.15, 0.2) is 0 Å². The van der Waals surface area contributed by atoms with Gasteiger partial charge in [-0.3, -0.25) is 0 Å². The first-order chi connectivity index (χ1) is 9.54. The monoisotopic (exact) mass is 282 g/mol. The van der Waals surface area contributed by atoms with Crippen molar-refractivity contribution >= 4 is 0 Å². The standard InChI is InChI=1S/C18H38N2/c1-6-12-19-18(17-10-8-7-9-11-17)14-20(5)16(4)13-15(2)3/h15-19H,6-14H2,1-5H3. The molecule has 0 spiro atoms. The number of hydrogen-bond acceptors (Lipinski definition) is 2. The highest BCUT2D eigenvalue weighted by atomic mass is 15.1. The molecule has 1 rings (SSSR count). The zero-order valence-electron chi connectivity index (χ0n) is 14.6. The molecule has 2 heteroatoms. The smallest absolute Gasteiger partial charge is 0.0223 e. The first-order valence-electron chi connectivity index (χ1n) is 8.98. The van der Waals surface area contributed by atoms with Crippen LogP contribution in [-0.2, 0) is 0 Å². The van der Waals surface area contributed by atoms with Crippen LogP contribution in [0, 0.1) is 11.8 Å². The Morgan fingerprint density at radius 3 is 2.30 bits per heavy atom. The van der Waals surface area contributed by atoms with Crippen LogP contribution in [0.1, 0.15) is 72.6 Å². The van der Waals surface area contributed by atoms with E-state index in [1.54, 1.807) is 0 Å². The second-order valence-corrected chi connectivity index (χ2v) is 7.38. The van der Waals surface area contributed by atoms with Crippen molar-refractivity contribution in [1.29, 1.82) is 0 Å². The first-order valence-corrected chi connectivity index (χ1v) is 8.98. The maximum absolute atomic E-state index is 3.84. The summed E-state index contributed by atoms with van der Waals surface area (Å²) in [6.07, 6.45) is 9.77. The molecule has 2 unspecified atom stereocenters. The van der Waals surface area contributed by atoms with Crippen molar-refractivity contribution in [1.82, 2.24) is 10.2 Å². The number of likely N-dealkylation sites (N-methyl/N-ethyl adjacent to an activating group) is 1. The second kappa shape index (κ2) is 9.78. The first kappa shape index (κ1) is 18.0.